The van der Waals surface area contributed by atoms with Crippen molar-refractivity contribution < 1.29 is 19.5 Å². The van der Waals surface area contributed by atoms with Crippen LogP contribution in [-0.4, -0.2) is 54.0 Å². The molecule has 0 saturated carbocycles. The quantitative estimate of drug-likeness (QED) is 0.149. The van der Waals surface area contributed by atoms with Gasteiger partial charge in [0.15, 0.2) is 5.96 Å². The molecular formula is C11H22N6O4. The molecule has 0 aromatic rings. The summed E-state index contributed by atoms with van der Waals surface area (Å²) in [6, 6.07) is -1.81. The average molecular weight is 302 g/mol. The van der Waals surface area contributed by atoms with E-state index in [1.807, 2.05) is 0 Å². The summed E-state index contributed by atoms with van der Waals surface area (Å²) >= 11 is 0. The van der Waals surface area contributed by atoms with Crippen LogP contribution in [0.15, 0.2) is 4.99 Å². The van der Waals surface area contributed by atoms with Crippen LogP contribution in [0.1, 0.15) is 19.8 Å². The van der Waals surface area contributed by atoms with Gasteiger partial charge in [-0.15, -0.1) is 0 Å². The van der Waals surface area contributed by atoms with Gasteiger partial charge in [-0.1, -0.05) is 0 Å². The number of amides is 2. The fraction of sp³-hybridized carbons (Fsp3) is 0.636. The predicted octanol–water partition coefficient (Wildman–Crippen LogP) is -2.93. The van der Waals surface area contributed by atoms with E-state index >= 15 is 0 Å². The first-order valence-electron chi connectivity index (χ1n) is 6.35. The maximum atomic E-state index is 11.5. The minimum atomic E-state index is -1.17. The second-order valence-corrected chi connectivity index (χ2v) is 4.41. The second kappa shape index (κ2) is 9.53. The number of guanidine groups is 1. The average Bonchev–Trinajstić information content (AvgIpc) is 2.38. The smallest absolute Gasteiger partial charge is 0.326 e. The first kappa shape index (κ1) is 18.6. The Morgan fingerprint density at radius 3 is 2.38 bits per heavy atom. The second-order valence-electron chi connectivity index (χ2n) is 4.41. The maximum Gasteiger partial charge on any atom is 0.326 e. The molecule has 0 bridgehead atoms. The molecule has 0 aliphatic rings. The zero-order chi connectivity index (χ0) is 16.4. The zero-order valence-corrected chi connectivity index (χ0v) is 11.8. The molecule has 0 rings (SSSR count). The van der Waals surface area contributed by atoms with E-state index in [1.165, 1.54) is 6.92 Å². The molecule has 120 valence electrons. The van der Waals surface area contributed by atoms with E-state index in [0.717, 1.165) is 0 Å². The molecule has 0 radical (unpaired) electrons. The fourth-order valence-electron chi connectivity index (χ4n) is 1.33. The van der Waals surface area contributed by atoms with Crippen LogP contribution in [-0.2, 0) is 14.4 Å². The molecule has 0 aromatic heterocycles. The number of carboxylic acid groups (broad SMARTS) is 1. The van der Waals surface area contributed by atoms with Crippen molar-refractivity contribution in [3.8, 4) is 0 Å². The van der Waals surface area contributed by atoms with Crippen molar-refractivity contribution in [2.45, 2.75) is 31.8 Å². The topological polar surface area (TPSA) is 186 Å². The summed E-state index contributed by atoms with van der Waals surface area (Å²) in [7, 11) is 0. The number of hydrogen-bond donors (Lipinski definition) is 6. The van der Waals surface area contributed by atoms with E-state index in [4.69, 9.17) is 22.3 Å². The van der Waals surface area contributed by atoms with Crippen LogP contribution < -0.4 is 27.8 Å². The van der Waals surface area contributed by atoms with E-state index < -0.39 is 29.9 Å². The lowest BCUT2D eigenvalue weighted by Crippen LogP contribution is -2.47. The third kappa shape index (κ3) is 9.21. The zero-order valence-electron chi connectivity index (χ0n) is 11.8. The summed E-state index contributed by atoms with van der Waals surface area (Å²) in [4.78, 5) is 37.4. The standard InChI is InChI=1S/C11H22N6O4/c1-6(12)9(19)16-5-8(18)17-7(10(20)21)3-2-4-15-11(13)14/h6-7H,2-5,12H2,1H3,(H,16,19)(H,17,18)(H,20,21)(H4,13,14,15). The Morgan fingerprint density at radius 2 is 1.90 bits per heavy atom. The number of aliphatic carboxylic acids is 1. The third-order valence-electron chi connectivity index (χ3n) is 2.42. The Bertz CT molecular complexity index is 406. The highest BCUT2D eigenvalue weighted by Gasteiger charge is 2.19. The van der Waals surface area contributed by atoms with Gasteiger partial charge in [-0.05, 0) is 19.8 Å². The Labute approximate surface area is 122 Å². The van der Waals surface area contributed by atoms with Crippen LogP contribution in [0.3, 0.4) is 0 Å². The molecule has 0 saturated heterocycles. The summed E-state index contributed by atoms with van der Waals surface area (Å²) in [5, 5.41) is 13.6. The molecule has 10 nitrogen and oxygen atoms in total. The molecule has 2 unspecified atom stereocenters. The Hall–Kier alpha value is -2.36. The summed E-state index contributed by atoms with van der Waals surface area (Å²) in [5.74, 6) is -2.36. The number of hydrogen-bond acceptors (Lipinski definition) is 5. The van der Waals surface area contributed by atoms with Crippen LogP contribution in [0.2, 0.25) is 0 Å². The summed E-state index contributed by atoms with van der Waals surface area (Å²) in [5.41, 5.74) is 15.6. The highest BCUT2D eigenvalue weighted by Crippen LogP contribution is 1.98. The number of carboxylic acids is 1. The van der Waals surface area contributed by atoms with E-state index in [-0.39, 0.29) is 25.5 Å². The van der Waals surface area contributed by atoms with Gasteiger partial charge in [0.2, 0.25) is 11.8 Å². The van der Waals surface area contributed by atoms with Gasteiger partial charge >= 0.3 is 5.97 Å². The van der Waals surface area contributed by atoms with Gasteiger partial charge in [-0.25, -0.2) is 4.79 Å². The Balaban J connectivity index is 4.19. The lowest BCUT2D eigenvalue weighted by molar-refractivity contribution is -0.141. The Kier molecular flexibility index (Phi) is 8.46. The number of carbonyl (C=O) groups is 3. The lowest BCUT2D eigenvalue weighted by Gasteiger charge is -2.14. The highest BCUT2D eigenvalue weighted by molar-refractivity contribution is 5.89. The van der Waals surface area contributed by atoms with E-state index in [1.54, 1.807) is 0 Å². The minimum Gasteiger partial charge on any atom is -0.480 e. The number of nitrogens with zero attached hydrogens (tertiary/aromatic N) is 1. The first-order valence-corrected chi connectivity index (χ1v) is 6.35. The van der Waals surface area contributed by atoms with Gasteiger partial charge < -0.3 is 32.9 Å². The van der Waals surface area contributed by atoms with E-state index in [9.17, 15) is 14.4 Å². The number of nitrogens with two attached hydrogens (primary N) is 3. The summed E-state index contributed by atoms with van der Waals surface area (Å²) < 4.78 is 0. The molecule has 10 heteroatoms. The molecule has 0 aromatic carbocycles. The van der Waals surface area contributed by atoms with Crippen LogP contribution in [0, 0.1) is 0 Å². The van der Waals surface area contributed by atoms with Gasteiger partial charge in [-0.3, -0.25) is 14.6 Å². The van der Waals surface area contributed by atoms with Gasteiger partial charge in [0.25, 0.3) is 0 Å². The van der Waals surface area contributed by atoms with Gasteiger partial charge in [0.1, 0.15) is 6.04 Å². The van der Waals surface area contributed by atoms with Crippen molar-refractivity contribution in [2.24, 2.45) is 22.2 Å². The molecule has 0 heterocycles. The lowest BCUT2D eigenvalue weighted by atomic mass is 10.1. The van der Waals surface area contributed by atoms with Crippen LogP contribution >= 0.6 is 0 Å². The maximum absolute atomic E-state index is 11.5. The summed E-state index contributed by atoms with van der Waals surface area (Å²) in [6.45, 7) is 1.40. The van der Waals surface area contributed by atoms with E-state index in [0.29, 0.717) is 6.42 Å². The van der Waals surface area contributed by atoms with Crippen LogP contribution in [0.4, 0.5) is 0 Å². The van der Waals surface area contributed by atoms with Gasteiger partial charge in [-0.2, -0.15) is 0 Å². The van der Waals surface area contributed by atoms with Crippen molar-refractivity contribution in [1.29, 1.82) is 0 Å². The molecule has 2 atom stereocenters. The Morgan fingerprint density at radius 1 is 1.29 bits per heavy atom. The van der Waals surface area contributed by atoms with Crippen molar-refractivity contribution in [3.05, 3.63) is 0 Å². The molecule has 9 N–H and O–H groups in total. The molecule has 0 spiro atoms. The fourth-order valence-corrected chi connectivity index (χ4v) is 1.33. The summed E-state index contributed by atoms with van der Waals surface area (Å²) in [6.07, 6.45) is 0.556. The number of aliphatic imine (C=N–C) groups is 1. The molecular weight excluding hydrogens is 280 g/mol. The van der Waals surface area contributed by atoms with Crippen LogP contribution in [0.25, 0.3) is 0 Å². The minimum absolute atomic E-state index is 0.0791. The van der Waals surface area contributed by atoms with E-state index in [2.05, 4.69) is 15.6 Å². The number of nitrogens with one attached hydrogen (secondary N) is 2. The number of rotatable bonds is 9. The number of carbonyl (C=O) groups excluding carboxylic acids is 2. The van der Waals surface area contributed by atoms with Crippen molar-refractivity contribution in [3.63, 3.8) is 0 Å². The normalized spacial score (nSPS) is 12.9. The van der Waals surface area contributed by atoms with Crippen LogP contribution in [0.5, 0.6) is 0 Å². The molecule has 0 fully saturated rings. The van der Waals surface area contributed by atoms with Gasteiger partial charge in [0, 0.05) is 6.54 Å². The first-order chi connectivity index (χ1) is 9.73. The van der Waals surface area contributed by atoms with Gasteiger partial charge in [0.05, 0.1) is 12.6 Å². The third-order valence-corrected chi connectivity index (χ3v) is 2.42. The largest absolute Gasteiger partial charge is 0.480 e. The molecule has 0 aliphatic heterocycles. The molecule has 2 amide bonds. The molecule has 0 aliphatic carbocycles. The molecule has 21 heavy (non-hydrogen) atoms. The van der Waals surface area contributed by atoms with Crippen molar-refractivity contribution >= 4 is 23.7 Å². The SMILES string of the molecule is CC(N)C(=O)NCC(=O)NC(CCCN=C(N)N)C(=O)O. The monoisotopic (exact) mass is 302 g/mol. The van der Waals surface area contributed by atoms with Crippen molar-refractivity contribution in [1.82, 2.24) is 10.6 Å². The van der Waals surface area contributed by atoms with Crippen molar-refractivity contribution in [2.75, 3.05) is 13.1 Å². The highest BCUT2D eigenvalue weighted by atomic mass is 16.4. The predicted molar refractivity (Wildman–Crippen MR) is 76.1 cm³/mol.